The van der Waals surface area contributed by atoms with Crippen LogP contribution >= 0.6 is 0 Å². The summed E-state index contributed by atoms with van der Waals surface area (Å²) in [6.45, 7) is 0. The minimum Gasteiger partial charge on any atom is -0.397 e. The summed E-state index contributed by atoms with van der Waals surface area (Å²) in [7, 11) is 0. The second-order valence-electron chi connectivity index (χ2n) is 5.28. The zero-order chi connectivity index (χ0) is 17.1. The topological polar surface area (TPSA) is 124 Å². The minimum absolute atomic E-state index is 0.156. The third-order valence-electron chi connectivity index (χ3n) is 3.44. The number of allylic oxidation sites excluding steroid dienone is 7. The minimum atomic E-state index is 0.156. The summed E-state index contributed by atoms with van der Waals surface area (Å²) < 4.78 is 0. The van der Waals surface area contributed by atoms with E-state index in [-0.39, 0.29) is 11.4 Å². The average molecular weight is 316 g/mol. The molecule has 0 spiro atoms. The fraction of sp³-hybridized carbons (Fsp3) is 0. The number of benzene rings is 1. The molecule has 1 aromatic rings. The Morgan fingerprint density at radius 2 is 1.38 bits per heavy atom. The summed E-state index contributed by atoms with van der Waals surface area (Å²) in [5.41, 5.74) is 15.8. The lowest BCUT2D eigenvalue weighted by atomic mass is 10.1. The number of hydrogen-bond donors (Lipinski definition) is 4. The number of nitrogen functional groups attached to an aromatic ring is 2. The van der Waals surface area contributed by atoms with Crippen molar-refractivity contribution in [2.75, 3.05) is 11.5 Å². The van der Waals surface area contributed by atoms with Gasteiger partial charge in [0.1, 0.15) is 0 Å². The normalized spacial score (nSPS) is 16.4. The van der Waals surface area contributed by atoms with Gasteiger partial charge in [-0.05, 0) is 60.7 Å². The van der Waals surface area contributed by atoms with Crippen molar-refractivity contribution < 1.29 is 0 Å². The number of aliphatic imine (C=N–C) groups is 2. The lowest BCUT2D eigenvalue weighted by Crippen LogP contribution is -2.10. The maximum Gasteiger partial charge on any atom is 0.0810 e. The Balaban J connectivity index is 1.77. The fourth-order valence-electron chi connectivity index (χ4n) is 2.13. The Morgan fingerprint density at radius 1 is 0.708 bits per heavy atom. The number of nitrogens with zero attached hydrogens (tertiary/aromatic N) is 2. The monoisotopic (exact) mass is 316 g/mol. The highest BCUT2D eigenvalue weighted by Crippen LogP contribution is 2.22. The van der Waals surface area contributed by atoms with Crippen LogP contribution < -0.4 is 11.5 Å². The van der Waals surface area contributed by atoms with Gasteiger partial charge in [-0.25, -0.2) is 9.98 Å². The van der Waals surface area contributed by atoms with Crippen LogP contribution in [0.25, 0.3) is 0 Å². The van der Waals surface area contributed by atoms with E-state index in [1.54, 1.807) is 30.4 Å². The van der Waals surface area contributed by atoms with Crippen LogP contribution in [0, 0.1) is 10.8 Å². The van der Waals surface area contributed by atoms with E-state index in [1.807, 2.05) is 30.4 Å². The van der Waals surface area contributed by atoms with E-state index in [2.05, 4.69) is 9.98 Å². The molecule has 0 saturated heterocycles. The van der Waals surface area contributed by atoms with Crippen molar-refractivity contribution in [2.45, 2.75) is 0 Å². The van der Waals surface area contributed by atoms with Crippen LogP contribution in [0.2, 0.25) is 0 Å². The zero-order valence-electron chi connectivity index (χ0n) is 12.8. The summed E-state index contributed by atoms with van der Waals surface area (Å²) >= 11 is 0. The molecule has 2 aliphatic carbocycles. The number of nitrogens with one attached hydrogen (secondary N) is 2. The predicted molar refractivity (Wildman–Crippen MR) is 101 cm³/mol. The van der Waals surface area contributed by atoms with Gasteiger partial charge >= 0.3 is 0 Å². The van der Waals surface area contributed by atoms with Crippen molar-refractivity contribution >= 4 is 39.9 Å². The summed E-state index contributed by atoms with van der Waals surface area (Å²) in [6, 6.07) is 5.26. The van der Waals surface area contributed by atoms with Gasteiger partial charge < -0.3 is 11.5 Å². The lowest BCUT2D eigenvalue weighted by molar-refractivity contribution is 1.39. The number of hydrogen-bond acceptors (Lipinski definition) is 6. The summed E-state index contributed by atoms with van der Waals surface area (Å²) in [6.07, 6.45) is 12.2. The summed E-state index contributed by atoms with van der Waals surface area (Å²) in [4.78, 5) is 8.92. The van der Waals surface area contributed by atoms with E-state index in [9.17, 15) is 0 Å². The van der Waals surface area contributed by atoms with Crippen LogP contribution in [0.15, 0.2) is 76.4 Å². The zero-order valence-corrected chi connectivity index (χ0v) is 12.8. The maximum absolute atomic E-state index is 7.64. The van der Waals surface area contributed by atoms with Gasteiger partial charge in [0.25, 0.3) is 0 Å². The first-order valence-electron chi connectivity index (χ1n) is 7.27. The van der Waals surface area contributed by atoms with Crippen molar-refractivity contribution in [3.8, 4) is 0 Å². The van der Waals surface area contributed by atoms with Crippen LogP contribution in [0.1, 0.15) is 0 Å². The molecule has 0 bridgehead atoms. The van der Waals surface area contributed by atoms with Crippen molar-refractivity contribution in [3.05, 3.63) is 66.4 Å². The van der Waals surface area contributed by atoms with Crippen LogP contribution in [0.4, 0.5) is 17.1 Å². The predicted octanol–water partition coefficient (Wildman–Crippen LogP) is 2.98. The van der Waals surface area contributed by atoms with Gasteiger partial charge in [-0.15, -0.1) is 0 Å². The highest BCUT2D eigenvalue weighted by molar-refractivity contribution is 6.49. The molecule has 24 heavy (non-hydrogen) atoms. The molecule has 6 N–H and O–H groups in total. The molecular weight excluding hydrogens is 300 g/mol. The molecule has 0 aliphatic heterocycles. The first-order valence-corrected chi connectivity index (χ1v) is 7.27. The second-order valence-corrected chi connectivity index (χ2v) is 5.28. The Bertz CT molecular complexity index is 891. The van der Waals surface area contributed by atoms with Crippen molar-refractivity contribution in [1.82, 2.24) is 0 Å². The SMILES string of the molecule is N=C1C=CC(N=C2C=CC(=Nc3ccc(N)c(N)c3)C=C2)=CC1=N. The summed E-state index contributed by atoms with van der Waals surface area (Å²) in [5.74, 6) is 0. The van der Waals surface area contributed by atoms with Gasteiger partial charge in [-0.1, -0.05) is 0 Å². The molecule has 0 heterocycles. The van der Waals surface area contributed by atoms with Gasteiger partial charge in [0.2, 0.25) is 0 Å². The van der Waals surface area contributed by atoms with E-state index in [4.69, 9.17) is 22.3 Å². The van der Waals surface area contributed by atoms with Crippen LogP contribution in [0.3, 0.4) is 0 Å². The molecular formula is C18H16N6. The first kappa shape index (κ1) is 15.4. The number of nitrogens with two attached hydrogens (primary N) is 2. The molecule has 118 valence electrons. The fourth-order valence-corrected chi connectivity index (χ4v) is 2.13. The highest BCUT2D eigenvalue weighted by Gasteiger charge is 2.07. The van der Waals surface area contributed by atoms with Gasteiger partial charge in [-0.2, -0.15) is 0 Å². The molecule has 1 aromatic carbocycles. The van der Waals surface area contributed by atoms with Gasteiger partial charge in [0, 0.05) is 0 Å². The third kappa shape index (κ3) is 3.44. The van der Waals surface area contributed by atoms with E-state index in [0.717, 1.165) is 17.1 Å². The Labute approximate surface area is 139 Å². The Morgan fingerprint density at radius 3 is 2.00 bits per heavy atom. The molecule has 0 atom stereocenters. The molecule has 0 amide bonds. The van der Waals surface area contributed by atoms with Crippen molar-refractivity contribution in [2.24, 2.45) is 9.98 Å². The van der Waals surface area contributed by atoms with E-state index >= 15 is 0 Å². The van der Waals surface area contributed by atoms with Crippen LogP contribution in [-0.4, -0.2) is 22.8 Å². The van der Waals surface area contributed by atoms with E-state index in [1.165, 1.54) is 0 Å². The number of anilines is 2. The number of rotatable bonds is 2. The first-order chi connectivity index (χ1) is 11.5. The maximum atomic E-state index is 7.64. The van der Waals surface area contributed by atoms with Crippen LogP contribution in [-0.2, 0) is 0 Å². The summed E-state index contributed by atoms with van der Waals surface area (Å²) in [5, 5.41) is 15.1. The molecule has 0 radical (unpaired) electrons. The molecule has 0 fully saturated rings. The van der Waals surface area contributed by atoms with Gasteiger partial charge in [-0.3, -0.25) is 10.8 Å². The molecule has 0 aromatic heterocycles. The average Bonchev–Trinajstić information content (AvgIpc) is 2.56. The highest BCUT2D eigenvalue weighted by atomic mass is 14.8. The van der Waals surface area contributed by atoms with E-state index in [0.29, 0.717) is 17.1 Å². The Hall–Kier alpha value is -3.54. The largest absolute Gasteiger partial charge is 0.397 e. The van der Waals surface area contributed by atoms with E-state index < -0.39 is 0 Å². The van der Waals surface area contributed by atoms with Crippen molar-refractivity contribution in [1.29, 1.82) is 10.8 Å². The van der Waals surface area contributed by atoms with Crippen molar-refractivity contribution in [3.63, 3.8) is 0 Å². The molecule has 0 unspecified atom stereocenters. The molecule has 6 heteroatoms. The molecule has 6 nitrogen and oxygen atoms in total. The molecule has 3 rings (SSSR count). The second kappa shape index (κ2) is 6.29. The lowest BCUT2D eigenvalue weighted by Gasteiger charge is -2.07. The smallest absolute Gasteiger partial charge is 0.0810 e. The van der Waals surface area contributed by atoms with Crippen LogP contribution in [0.5, 0.6) is 0 Å². The van der Waals surface area contributed by atoms with Gasteiger partial charge in [0.05, 0.1) is 45.6 Å². The quantitative estimate of drug-likeness (QED) is 0.380. The molecule has 2 aliphatic rings. The van der Waals surface area contributed by atoms with Gasteiger partial charge in [0.15, 0.2) is 0 Å². The Kier molecular flexibility index (Phi) is 4.03. The standard InChI is InChI=1S/C18H16N6/c19-15-7-5-13(9-17(15)21)23-11-1-2-12(4-3-11)24-14-6-8-16(20)18(22)10-14/h1-10,19,21H,20,22H2. The molecule has 0 saturated carbocycles. The third-order valence-corrected chi connectivity index (χ3v) is 3.44.